The van der Waals surface area contributed by atoms with Crippen LogP contribution >= 0.6 is 0 Å². The molecular weight excluding hydrogens is 246 g/mol. The van der Waals surface area contributed by atoms with Gasteiger partial charge in [0, 0.05) is 11.6 Å². The molecule has 0 atom stereocenters. The SMILES string of the molecule is O=C(O)c1ccccc1-c1n[nH]c2cccc(=O)n12. The van der Waals surface area contributed by atoms with Crippen LogP contribution in [0.15, 0.2) is 47.3 Å². The minimum atomic E-state index is -1.06. The highest BCUT2D eigenvalue weighted by atomic mass is 16.4. The van der Waals surface area contributed by atoms with Crippen LogP contribution < -0.4 is 5.56 Å². The van der Waals surface area contributed by atoms with E-state index >= 15 is 0 Å². The molecule has 0 saturated heterocycles. The Bertz CT molecular complexity index is 832. The number of rotatable bonds is 2. The van der Waals surface area contributed by atoms with Crippen molar-refractivity contribution in [1.29, 1.82) is 0 Å². The first kappa shape index (κ1) is 11.2. The van der Waals surface area contributed by atoms with Crippen molar-refractivity contribution < 1.29 is 9.90 Å². The molecule has 2 N–H and O–H groups in total. The maximum atomic E-state index is 11.9. The van der Waals surface area contributed by atoms with Gasteiger partial charge in [-0.1, -0.05) is 24.3 Å². The van der Waals surface area contributed by atoms with Crippen LogP contribution in [0.2, 0.25) is 0 Å². The predicted octanol–water partition coefficient (Wildman–Crippen LogP) is 1.39. The van der Waals surface area contributed by atoms with Crippen molar-refractivity contribution >= 4 is 11.6 Å². The molecule has 0 spiro atoms. The van der Waals surface area contributed by atoms with Crippen LogP contribution in [0.4, 0.5) is 0 Å². The van der Waals surface area contributed by atoms with E-state index in [1.165, 1.54) is 16.5 Å². The number of carboxylic acid groups (broad SMARTS) is 1. The second-order valence-electron chi connectivity index (χ2n) is 3.98. The van der Waals surface area contributed by atoms with Gasteiger partial charge in [-0.25, -0.2) is 9.20 Å². The molecule has 0 unspecified atom stereocenters. The quantitative estimate of drug-likeness (QED) is 0.724. The number of fused-ring (bicyclic) bond motifs is 1. The number of pyridine rings is 1. The third-order valence-electron chi connectivity index (χ3n) is 2.84. The van der Waals surface area contributed by atoms with E-state index in [0.717, 1.165) is 0 Å². The Morgan fingerprint density at radius 3 is 2.74 bits per heavy atom. The normalized spacial score (nSPS) is 10.7. The van der Waals surface area contributed by atoms with Gasteiger partial charge in [0.15, 0.2) is 5.82 Å². The highest BCUT2D eigenvalue weighted by molar-refractivity contribution is 5.95. The van der Waals surface area contributed by atoms with Gasteiger partial charge in [0.25, 0.3) is 5.56 Å². The van der Waals surface area contributed by atoms with Gasteiger partial charge in [-0.2, -0.15) is 5.10 Å². The zero-order chi connectivity index (χ0) is 13.4. The Labute approximate surface area is 106 Å². The Morgan fingerprint density at radius 2 is 1.95 bits per heavy atom. The fraction of sp³-hybridized carbons (Fsp3) is 0. The minimum Gasteiger partial charge on any atom is -0.478 e. The highest BCUT2D eigenvalue weighted by Gasteiger charge is 2.16. The summed E-state index contributed by atoms with van der Waals surface area (Å²) in [6, 6.07) is 11.1. The lowest BCUT2D eigenvalue weighted by Crippen LogP contribution is -2.12. The van der Waals surface area contributed by atoms with Crippen LogP contribution in [-0.4, -0.2) is 25.7 Å². The van der Waals surface area contributed by atoms with Gasteiger partial charge < -0.3 is 5.11 Å². The number of aromatic amines is 1. The van der Waals surface area contributed by atoms with Crippen molar-refractivity contribution in [2.24, 2.45) is 0 Å². The Morgan fingerprint density at radius 1 is 1.16 bits per heavy atom. The summed E-state index contributed by atoms with van der Waals surface area (Å²) in [6.07, 6.45) is 0. The first-order valence-electron chi connectivity index (χ1n) is 5.57. The van der Waals surface area contributed by atoms with Crippen LogP contribution in [-0.2, 0) is 0 Å². The molecule has 0 bridgehead atoms. The number of hydrogen-bond acceptors (Lipinski definition) is 3. The van der Waals surface area contributed by atoms with Crippen LogP contribution in [0, 0.1) is 0 Å². The fourth-order valence-corrected chi connectivity index (χ4v) is 2.00. The van der Waals surface area contributed by atoms with Gasteiger partial charge in [0.05, 0.1) is 5.56 Å². The van der Waals surface area contributed by atoms with Gasteiger partial charge >= 0.3 is 5.97 Å². The summed E-state index contributed by atoms with van der Waals surface area (Å²) in [7, 11) is 0. The van der Waals surface area contributed by atoms with E-state index in [0.29, 0.717) is 17.0 Å². The summed E-state index contributed by atoms with van der Waals surface area (Å²) in [5, 5.41) is 15.9. The van der Waals surface area contributed by atoms with E-state index in [4.69, 9.17) is 0 Å². The largest absolute Gasteiger partial charge is 0.478 e. The summed E-state index contributed by atoms with van der Waals surface area (Å²) in [5.74, 6) is -0.769. The Balaban J connectivity index is 2.38. The molecule has 0 saturated carbocycles. The highest BCUT2D eigenvalue weighted by Crippen LogP contribution is 2.21. The Hall–Kier alpha value is -2.89. The van der Waals surface area contributed by atoms with Crippen LogP contribution in [0.25, 0.3) is 17.0 Å². The van der Waals surface area contributed by atoms with Gasteiger partial charge in [-0.15, -0.1) is 0 Å². The third kappa shape index (κ3) is 1.70. The van der Waals surface area contributed by atoms with Crippen LogP contribution in [0.5, 0.6) is 0 Å². The summed E-state index contributed by atoms with van der Waals surface area (Å²) >= 11 is 0. The van der Waals surface area contributed by atoms with Crippen LogP contribution in [0.1, 0.15) is 10.4 Å². The fourth-order valence-electron chi connectivity index (χ4n) is 2.00. The Kier molecular flexibility index (Phi) is 2.42. The average Bonchev–Trinajstić information content (AvgIpc) is 2.84. The summed E-state index contributed by atoms with van der Waals surface area (Å²) < 4.78 is 1.35. The molecule has 6 heteroatoms. The lowest BCUT2D eigenvalue weighted by molar-refractivity contribution is 0.0697. The van der Waals surface area contributed by atoms with Crippen molar-refractivity contribution in [2.75, 3.05) is 0 Å². The van der Waals surface area contributed by atoms with E-state index in [2.05, 4.69) is 10.2 Å². The molecule has 6 nitrogen and oxygen atoms in total. The monoisotopic (exact) mass is 255 g/mol. The summed E-state index contributed by atoms with van der Waals surface area (Å²) in [6.45, 7) is 0. The molecule has 0 aliphatic rings. The standard InChI is InChI=1S/C13H9N3O3/c17-11-7-3-6-10-14-15-12(16(10)11)8-4-1-2-5-9(8)13(18)19/h1-7,14H,(H,18,19). The van der Waals surface area contributed by atoms with Gasteiger partial charge in [0.2, 0.25) is 0 Å². The summed E-state index contributed by atoms with van der Waals surface area (Å²) in [4.78, 5) is 23.1. The molecule has 0 fully saturated rings. The maximum Gasteiger partial charge on any atom is 0.336 e. The number of H-pyrrole nitrogens is 1. The molecule has 1 aromatic carbocycles. The average molecular weight is 255 g/mol. The minimum absolute atomic E-state index is 0.103. The van der Waals surface area contributed by atoms with E-state index in [1.807, 2.05) is 0 Å². The topological polar surface area (TPSA) is 87.5 Å². The molecule has 94 valence electrons. The first-order chi connectivity index (χ1) is 9.18. The second-order valence-corrected chi connectivity index (χ2v) is 3.98. The van der Waals surface area contributed by atoms with E-state index in [9.17, 15) is 14.7 Å². The zero-order valence-electron chi connectivity index (χ0n) is 9.70. The molecule has 2 aromatic heterocycles. The number of nitrogens with one attached hydrogen (secondary N) is 1. The number of carbonyl (C=O) groups is 1. The molecule has 3 rings (SSSR count). The van der Waals surface area contributed by atoms with Gasteiger partial charge in [-0.05, 0) is 12.1 Å². The number of carboxylic acids is 1. The predicted molar refractivity (Wildman–Crippen MR) is 68.2 cm³/mol. The van der Waals surface area contributed by atoms with E-state index in [-0.39, 0.29) is 11.1 Å². The maximum absolute atomic E-state index is 11.9. The number of benzene rings is 1. The molecular formula is C13H9N3O3. The number of aromatic carboxylic acids is 1. The van der Waals surface area contributed by atoms with Gasteiger partial charge in [-0.3, -0.25) is 9.89 Å². The van der Waals surface area contributed by atoms with Crippen LogP contribution in [0.3, 0.4) is 0 Å². The van der Waals surface area contributed by atoms with E-state index < -0.39 is 5.97 Å². The molecule has 2 heterocycles. The summed E-state index contributed by atoms with van der Waals surface area (Å²) in [5.41, 5.74) is 0.755. The molecule has 0 aliphatic heterocycles. The smallest absolute Gasteiger partial charge is 0.336 e. The molecule has 3 aromatic rings. The molecule has 0 amide bonds. The van der Waals surface area contributed by atoms with Crippen molar-refractivity contribution in [3.05, 3.63) is 58.4 Å². The lowest BCUT2D eigenvalue weighted by atomic mass is 10.1. The van der Waals surface area contributed by atoms with Crippen molar-refractivity contribution in [1.82, 2.24) is 14.6 Å². The molecule has 0 radical (unpaired) electrons. The van der Waals surface area contributed by atoms with Crippen molar-refractivity contribution in [3.8, 4) is 11.4 Å². The first-order valence-corrected chi connectivity index (χ1v) is 5.57. The van der Waals surface area contributed by atoms with Crippen molar-refractivity contribution in [2.45, 2.75) is 0 Å². The number of aromatic nitrogens is 3. The third-order valence-corrected chi connectivity index (χ3v) is 2.84. The lowest BCUT2D eigenvalue weighted by Gasteiger charge is -2.03. The van der Waals surface area contributed by atoms with Crippen molar-refractivity contribution in [3.63, 3.8) is 0 Å². The van der Waals surface area contributed by atoms with Gasteiger partial charge in [0.1, 0.15) is 5.65 Å². The molecule has 19 heavy (non-hydrogen) atoms. The van der Waals surface area contributed by atoms with E-state index in [1.54, 1.807) is 30.3 Å². The zero-order valence-corrected chi connectivity index (χ0v) is 9.70. The number of hydrogen-bond donors (Lipinski definition) is 2. The molecule has 0 aliphatic carbocycles. The number of nitrogens with zero attached hydrogens (tertiary/aromatic N) is 2. The second kappa shape index (κ2) is 4.09.